The van der Waals surface area contributed by atoms with E-state index in [2.05, 4.69) is 45.0 Å². The van der Waals surface area contributed by atoms with Crippen molar-refractivity contribution < 1.29 is 20.1 Å². The molecule has 0 amide bonds. The summed E-state index contributed by atoms with van der Waals surface area (Å²) in [5.74, 6) is 0.760. The Bertz CT molecular complexity index is 1080. The highest BCUT2D eigenvalue weighted by atomic mass is 16.6. The summed E-state index contributed by atoms with van der Waals surface area (Å²) in [5.41, 5.74) is 3.63. The van der Waals surface area contributed by atoms with Crippen LogP contribution in [0.2, 0.25) is 0 Å². The van der Waals surface area contributed by atoms with Crippen molar-refractivity contribution in [1.82, 2.24) is 19.5 Å². The molecule has 1 saturated heterocycles. The number of aliphatic hydroxyl groups excluding tert-OH is 3. The van der Waals surface area contributed by atoms with Crippen LogP contribution in [0.3, 0.4) is 0 Å². The Kier molecular flexibility index (Phi) is 5.81. The van der Waals surface area contributed by atoms with Gasteiger partial charge in [0.05, 0.1) is 12.9 Å². The van der Waals surface area contributed by atoms with E-state index in [-0.39, 0.29) is 6.61 Å². The van der Waals surface area contributed by atoms with Crippen LogP contribution in [0.1, 0.15) is 43.0 Å². The zero-order chi connectivity index (χ0) is 22.2. The molecule has 5 rings (SSSR count). The number of ether oxygens (including phenoxy) is 1. The standard InChI is InChI=1S/C23H29N5O4/c1-14-6-2-3-7-15(14)10-27(16-8-4-5-9-16)21-18-22(25-12-24-21)28(13-26-18)23-20(31)19(30)17(11-29)32-23/h2-3,6-7,12-13,16-17,19-20,23,29-31H,4-5,8-11H2,1H3/t17-,19-,20-,23-/m1/s1. The highest BCUT2D eigenvalue weighted by Crippen LogP contribution is 2.35. The van der Waals surface area contributed by atoms with Crippen LogP contribution in [0.15, 0.2) is 36.9 Å². The van der Waals surface area contributed by atoms with Crippen LogP contribution in [-0.4, -0.2) is 65.8 Å². The number of imidazole rings is 1. The van der Waals surface area contributed by atoms with Crippen molar-refractivity contribution >= 4 is 17.0 Å². The third-order valence-corrected chi connectivity index (χ3v) is 6.77. The number of aliphatic hydroxyl groups is 3. The summed E-state index contributed by atoms with van der Waals surface area (Å²) in [4.78, 5) is 16.0. The molecule has 9 heteroatoms. The average Bonchev–Trinajstić information content (AvgIpc) is 3.54. The largest absolute Gasteiger partial charge is 0.394 e. The van der Waals surface area contributed by atoms with Gasteiger partial charge >= 0.3 is 0 Å². The predicted octanol–water partition coefficient (Wildman–Crippen LogP) is 1.70. The summed E-state index contributed by atoms with van der Waals surface area (Å²) in [6, 6.07) is 8.74. The minimum absolute atomic E-state index is 0.367. The average molecular weight is 440 g/mol. The summed E-state index contributed by atoms with van der Waals surface area (Å²) >= 11 is 0. The zero-order valence-electron chi connectivity index (χ0n) is 18.1. The van der Waals surface area contributed by atoms with Crippen molar-refractivity contribution in [3.8, 4) is 0 Å². The van der Waals surface area contributed by atoms with Crippen LogP contribution in [0.5, 0.6) is 0 Å². The number of fused-ring (bicyclic) bond motifs is 1. The normalized spacial score (nSPS) is 26.2. The first-order valence-corrected chi connectivity index (χ1v) is 11.2. The second kappa shape index (κ2) is 8.74. The van der Waals surface area contributed by atoms with Gasteiger partial charge in [0.25, 0.3) is 0 Å². The van der Waals surface area contributed by atoms with E-state index >= 15 is 0 Å². The lowest BCUT2D eigenvalue weighted by molar-refractivity contribution is -0.0511. The summed E-state index contributed by atoms with van der Waals surface area (Å²) in [6.07, 6.45) is 3.55. The minimum Gasteiger partial charge on any atom is -0.394 e. The monoisotopic (exact) mass is 439 g/mol. The highest BCUT2D eigenvalue weighted by molar-refractivity contribution is 5.83. The van der Waals surface area contributed by atoms with Crippen molar-refractivity contribution in [3.05, 3.63) is 48.0 Å². The second-order valence-electron chi connectivity index (χ2n) is 8.74. The smallest absolute Gasteiger partial charge is 0.167 e. The molecule has 0 unspecified atom stereocenters. The van der Waals surface area contributed by atoms with E-state index in [0.717, 1.165) is 25.2 Å². The van der Waals surface area contributed by atoms with Crippen molar-refractivity contribution in [2.45, 2.75) is 69.7 Å². The molecule has 9 nitrogen and oxygen atoms in total. The number of nitrogens with zero attached hydrogens (tertiary/aromatic N) is 5. The Labute approximate surface area is 186 Å². The fourth-order valence-corrected chi connectivity index (χ4v) is 4.91. The number of benzene rings is 1. The number of anilines is 1. The van der Waals surface area contributed by atoms with Crippen LogP contribution in [0.25, 0.3) is 11.2 Å². The number of hydrogen-bond donors (Lipinski definition) is 3. The Morgan fingerprint density at radius 1 is 1.09 bits per heavy atom. The van der Waals surface area contributed by atoms with Crippen molar-refractivity contribution in [2.24, 2.45) is 0 Å². The van der Waals surface area contributed by atoms with E-state index < -0.39 is 24.5 Å². The summed E-state index contributed by atoms with van der Waals surface area (Å²) in [7, 11) is 0. The lowest BCUT2D eigenvalue weighted by Gasteiger charge is -2.31. The molecule has 0 radical (unpaired) electrons. The quantitative estimate of drug-likeness (QED) is 0.531. The molecule has 2 fully saturated rings. The molecule has 170 valence electrons. The molecular formula is C23H29N5O4. The Balaban J connectivity index is 1.54. The maximum atomic E-state index is 10.5. The van der Waals surface area contributed by atoms with E-state index in [1.54, 1.807) is 10.9 Å². The molecule has 4 atom stereocenters. The molecule has 1 aliphatic carbocycles. The molecule has 0 bridgehead atoms. The summed E-state index contributed by atoms with van der Waals surface area (Å²) in [5, 5.41) is 30.1. The van der Waals surface area contributed by atoms with Gasteiger partial charge in [-0.05, 0) is 30.9 Å². The fraction of sp³-hybridized carbons (Fsp3) is 0.522. The third-order valence-electron chi connectivity index (χ3n) is 6.77. The number of rotatable bonds is 6. The van der Waals surface area contributed by atoms with Gasteiger partial charge in [0.15, 0.2) is 23.2 Å². The molecule has 3 aromatic rings. The molecule has 0 spiro atoms. The second-order valence-corrected chi connectivity index (χ2v) is 8.74. The first-order valence-electron chi connectivity index (χ1n) is 11.2. The van der Waals surface area contributed by atoms with Crippen LogP contribution < -0.4 is 4.90 Å². The van der Waals surface area contributed by atoms with Gasteiger partial charge in [-0.1, -0.05) is 37.1 Å². The number of aryl methyl sites for hydroxylation is 1. The third kappa shape index (κ3) is 3.65. The van der Waals surface area contributed by atoms with E-state index in [9.17, 15) is 15.3 Å². The molecule has 2 aliphatic rings. The van der Waals surface area contributed by atoms with Crippen LogP contribution in [0, 0.1) is 6.92 Å². The van der Waals surface area contributed by atoms with Gasteiger partial charge in [-0.2, -0.15) is 0 Å². The van der Waals surface area contributed by atoms with Gasteiger partial charge in [-0.3, -0.25) is 4.57 Å². The lowest BCUT2D eigenvalue weighted by Crippen LogP contribution is -2.34. The van der Waals surface area contributed by atoms with Gasteiger partial charge in [0, 0.05) is 12.6 Å². The zero-order valence-corrected chi connectivity index (χ0v) is 18.1. The van der Waals surface area contributed by atoms with Gasteiger partial charge in [0.2, 0.25) is 0 Å². The highest BCUT2D eigenvalue weighted by Gasteiger charge is 2.44. The fourth-order valence-electron chi connectivity index (χ4n) is 4.91. The topological polar surface area (TPSA) is 117 Å². The SMILES string of the molecule is Cc1ccccc1CN(c1ncnc2c1ncn2[C@@H]1O[C@H](CO)[C@@H](O)[C@H]1O)C1CCCC1. The molecule has 32 heavy (non-hydrogen) atoms. The van der Waals surface area contributed by atoms with E-state index in [4.69, 9.17) is 4.74 Å². The Hall–Kier alpha value is -2.59. The summed E-state index contributed by atoms with van der Waals surface area (Å²) < 4.78 is 7.31. The molecule has 2 aromatic heterocycles. The van der Waals surface area contributed by atoms with Crippen LogP contribution in [-0.2, 0) is 11.3 Å². The molecule has 1 aromatic carbocycles. The van der Waals surface area contributed by atoms with Gasteiger partial charge in [-0.25, -0.2) is 15.0 Å². The first-order chi connectivity index (χ1) is 15.6. The van der Waals surface area contributed by atoms with Gasteiger partial charge < -0.3 is 25.0 Å². The predicted molar refractivity (Wildman–Crippen MR) is 118 cm³/mol. The van der Waals surface area contributed by atoms with Gasteiger partial charge in [0.1, 0.15) is 24.6 Å². The molecular weight excluding hydrogens is 410 g/mol. The maximum absolute atomic E-state index is 10.5. The van der Waals surface area contributed by atoms with Crippen LogP contribution in [0.4, 0.5) is 5.82 Å². The van der Waals surface area contributed by atoms with Gasteiger partial charge in [-0.15, -0.1) is 0 Å². The molecule has 3 N–H and O–H groups in total. The lowest BCUT2D eigenvalue weighted by atomic mass is 10.1. The molecule has 1 saturated carbocycles. The molecule has 1 aliphatic heterocycles. The summed E-state index contributed by atoms with van der Waals surface area (Å²) in [6.45, 7) is 2.46. The van der Waals surface area contributed by atoms with E-state index in [1.165, 1.54) is 30.3 Å². The first kappa shape index (κ1) is 21.3. The minimum atomic E-state index is -1.19. The van der Waals surface area contributed by atoms with Crippen molar-refractivity contribution in [2.75, 3.05) is 11.5 Å². The van der Waals surface area contributed by atoms with E-state index in [0.29, 0.717) is 17.2 Å². The van der Waals surface area contributed by atoms with Crippen molar-refractivity contribution in [1.29, 1.82) is 0 Å². The molecule has 3 heterocycles. The Morgan fingerprint density at radius 2 is 1.88 bits per heavy atom. The van der Waals surface area contributed by atoms with Crippen LogP contribution >= 0.6 is 0 Å². The van der Waals surface area contributed by atoms with Crippen molar-refractivity contribution in [3.63, 3.8) is 0 Å². The van der Waals surface area contributed by atoms with E-state index in [1.807, 2.05) is 6.07 Å². The number of aromatic nitrogens is 4. The Morgan fingerprint density at radius 3 is 2.59 bits per heavy atom. The maximum Gasteiger partial charge on any atom is 0.167 e. The number of hydrogen-bond acceptors (Lipinski definition) is 8.